The molecule has 1 aliphatic carbocycles. The largest absolute Gasteiger partial charge is 0.316 e. The molecule has 0 aromatic heterocycles. The van der Waals surface area contributed by atoms with Crippen molar-refractivity contribution in [1.82, 2.24) is 5.32 Å². The highest BCUT2D eigenvalue weighted by Gasteiger charge is 2.11. The summed E-state index contributed by atoms with van der Waals surface area (Å²) in [6.07, 6.45) is 12.4. The fourth-order valence-corrected chi connectivity index (χ4v) is 2.58. The highest BCUT2D eigenvalue weighted by Crippen LogP contribution is 2.22. The average molecular weight is 232 g/mol. The van der Waals surface area contributed by atoms with Crippen LogP contribution < -0.4 is 5.32 Å². The molecule has 0 spiro atoms. The Labute approximate surface area is 100.0 Å². The van der Waals surface area contributed by atoms with E-state index in [1.807, 2.05) is 0 Å². The van der Waals surface area contributed by atoms with Crippen LogP contribution in [0.25, 0.3) is 0 Å². The normalized spacial score (nSPS) is 18.2. The van der Waals surface area contributed by atoms with Crippen molar-refractivity contribution in [1.29, 1.82) is 0 Å². The van der Waals surface area contributed by atoms with Gasteiger partial charge in [0.1, 0.15) is 0 Å². The number of halogens is 1. The van der Waals surface area contributed by atoms with Crippen molar-refractivity contribution in [3.05, 3.63) is 0 Å². The minimum atomic E-state index is 0.829. The zero-order valence-corrected chi connectivity index (χ0v) is 10.7. The van der Waals surface area contributed by atoms with E-state index >= 15 is 0 Å². The molecule has 1 N–H and O–H groups in total. The Balaban J connectivity index is 1.79. The third kappa shape index (κ3) is 7.19. The molecule has 1 nitrogen and oxygen atoms in total. The second kappa shape index (κ2) is 9.47. The minimum absolute atomic E-state index is 0.829. The van der Waals surface area contributed by atoms with Gasteiger partial charge in [-0.1, -0.05) is 32.1 Å². The molecule has 1 saturated carbocycles. The van der Waals surface area contributed by atoms with Crippen LogP contribution in [0.4, 0.5) is 0 Å². The lowest BCUT2D eigenvalue weighted by atomic mass is 9.89. The van der Waals surface area contributed by atoms with Crippen LogP contribution in [-0.2, 0) is 0 Å². The van der Waals surface area contributed by atoms with Crippen molar-refractivity contribution in [3.63, 3.8) is 0 Å². The quantitative estimate of drug-likeness (QED) is 0.493. The van der Waals surface area contributed by atoms with E-state index in [-0.39, 0.29) is 0 Å². The van der Waals surface area contributed by atoms with Gasteiger partial charge in [-0.3, -0.25) is 0 Å². The van der Waals surface area contributed by atoms with Crippen molar-refractivity contribution < 1.29 is 0 Å². The lowest BCUT2D eigenvalue weighted by Gasteiger charge is -2.21. The Morgan fingerprint density at radius 2 is 1.67 bits per heavy atom. The number of hydrogen-bond acceptors (Lipinski definition) is 1. The zero-order chi connectivity index (χ0) is 10.8. The second-order valence-corrected chi connectivity index (χ2v) is 5.19. The lowest BCUT2D eigenvalue weighted by molar-refractivity contribution is 0.341. The molecule has 1 aliphatic rings. The van der Waals surface area contributed by atoms with Gasteiger partial charge in [0.2, 0.25) is 0 Å². The van der Waals surface area contributed by atoms with Crippen LogP contribution >= 0.6 is 11.6 Å². The summed E-state index contributed by atoms with van der Waals surface area (Å²) >= 11 is 5.63. The van der Waals surface area contributed by atoms with Crippen LogP contribution in [0.3, 0.4) is 0 Å². The highest BCUT2D eigenvalue weighted by molar-refractivity contribution is 6.17. The van der Waals surface area contributed by atoms with E-state index in [0.717, 1.165) is 11.8 Å². The van der Waals surface area contributed by atoms with E-state index in [2.05, 4.69) is 5.32 Å². The number of alkyl halides is 1. The molecule has 0 aromatic carbocycles. The Morgan fingerprint density at radius 3 is 2.40 bits per heavy atom. The molecule has 1 rings (SSSR count). The van der Waals surface area contributed by atoms with E-state index < -0.39 is 0 Å². The SMILES string of the molecule is ClCCCCCCNCC1CCCCC1. The molecule has 0 heterocycles. The van der Waals surface area contributed by atoms with Crippen molar-refractivity contribution in [2.45, 2.75) is 57.8 Å². The summed E-state index contributed by atoms with van der Waals surface area (Å²) in [5.41, 5.74) is 0. The smallest absolute Gasteiger partial charge is 0.0223 e. The fraction of sp³-hybridized carbons (Fsp3) is 1.00. The first-order chi connectivity index (χ1) is 7.43. The third-order valence-corrected chi connectivity index (χ3v) is 3.66. The molecule has 0 aromatic rings. The number of nitrogens with one attached hydrogen (secondary N) is 1. The van der Waals surface area contributed by atoms with Crippen LogP contribution in [0.1, 0.15) is 57.8 Å². The monoisotopic (exact) mass is 231 g/mol. The maximum Gasteiger partial charge on any atom is 0.0223 e. The molecule has 0 aliphatic heterocycles. The van der Waals surface area contributed by atoms with Gasteiger partial charge < -0.3 is 5.32 Å². The molecule has 90 valence electrons. The van der Waals surface area contributed by atoms with Crippen molar-refractivity contribution in [3.8, 4) is 0 Å². The number of hydrogen-bond donors (Lipinski definition) is 1. The summed E-state index contributed by atoms with van der Waals surface area (Å²) in [5.74, 6) is 1.80. The van der Waals surface area contributed by atoms with Gasteiger partial charge in [-0.2, -0.15) is 0 Å². The molecular formula is C13H26ClN. The maximum absolute atomic E-state index is 5.63. The van der Waals surface area contributed by atoms with Crippen molar-refractivity contribution >= 4 is 11.6 Å². The zero-order valence-electron chi connectivity index (χ0n) is 9.94. The first-order valence-electron chi connectivity index (χ1n) is 6.70. The molecule has 0 bridgehead atoms. The van der Waals surface area contributed by atoms with E-state index in [1.165, 1.54) is 70.9 Å². The van der Waals surface area contributed by atoms with E-state index in [4.69, 9.17) is 11.6 Å². The predicted molar refractivity (Wildman–Crippen MR) is 68.6 cm³/mol. The standard InChI is InChI=1S/C13H26ClN/c14-10-6-1-2-7-11-15-12-13-8-4-3-5-9-13/h13,15H,1-12H2. The van der Waals surface area contributed by atoms with Gasteiger partial charge in [-0.25, -0.2) is 0 Å². The summed E-state index contributed by atoms with van der Waals surface area (Å²) in [6.45, 7) is 2.47. The molecule has 0 saturated heterocycles. The minimum Gasteiger partial charge on any atom is -0.316 e. The summed E-state index contributed by atoms with van der Waals surface area (Å²) in [7, 11) is 0. The van der Waals surface area contributed by atoms with Crippen LogP contribution in [-0.4, -0.2) is 19.0 Å². The lowest BCUT2D eigenvalue weighted by Crippen LogP contribution is -2.25. The fourth-order valence-electron chi connectivity index (χ4n) is 2.40. The molecule has 0 radical (unpaired) electrons. The Bertz CT molecular complexity index is 132. The maximum atomic E-state index is 5.63. The van der Waals surface area contributed by atoms with Crippen molar-refractivity contribution in [2.75, 3.05) is 19.0 Å². The van der Waals surface area contributed by atoms with E-state index in [0.29, 0.717) is 0 Å². The second-order valence-electron chi connectivity index (χ2n) is 4.81. The molecule has 1 fully saturated rings. The molecule has 2 heteroatoms. The summed E-state index contributed by atoms with van der Waals surface area (Å²) in [4.78, 5) is 0. The van der Waals surface area contributed by atoms with Gasteiger partial charge in [-0.15, -0.1) is 11.6 Å². The summed E-state index contributed by atoms with van der Waals surface area (Å²) < 4.78 is 0. The number of rotatable bonds is 8. The molecule has 0 amide bonds. The van der Waals surface area contributed by atoms with E-state index in [9.17, 15) is 0 Å². The summed E-state index contributed by atoms with van der Waals surface area (Å²) in [6, 6.07) is 0. The number of unbranched alkanes of at least 4 members (excludes halogenated alkanes) is 3. The van der Waals surface area contributed by atoms with Crippen molar-refractivity contribution in [2.24, 2.45) is 5.92 Å². The topological polar surface area (TPSA) is 12.0 Å². The average Bonchev–Trinajstić information content (AvgIpc) is 2.29. The Kier molecular flexibility index (Phi) is 8.41. The third-order valence-electron chi connectivity index (χ3n) is 3.39. The van der Waals surface area contributed by atoms with Gasteiger partial charge >= 0.3 is 0 Å². The van der Waals surface area contributed by atoms with Crippen LogP contribution in [0.5, 0.6) is 0 Å². The van der Waals surface area contributed by atoms with E-state index in [1.54, 1.807) is 0 Å². The molecule has 0 atom stereocenters. The molecular weight excluding hydrogens is 206 g/mol. The predicted octanol–water partition coefficient (Wildman–Crippen LogP) is 3.96. The van der Waals surface area contributed by atoms with Crippen LogP contribution in [0, 0.1) is 5.92 Å². The van der Waals surface area contributed by atoms with Gasteiger partial charge in [0.05, 0.1) is 0 Å². The van der Waals surface area contributed by atoms with Gasteiger partial charge in [-0.05, 0) is 44.7 Å². The summed E-state index contributed by atoms with van der Waals surface area (Å²) in [5, 5.41) is 3.60. The first kappa shape index (κ1) is 13.3. The van der Waals surface area contributed by atoms with Gasteiger partial charge in [0.25, 0.3) is 0 Å². The van der Waals surface area contributed by atoms with Gasteiger partial charge in [0, 0.05) is 5.88 Å². The van der Waals surface area contributed by atoms with Crippen LogP contribution in [0.15, 0.2) is 0 Å². The first-order valence-corrected chi connectivity index (χ1v) is 7.23. The van der Waals surface area contributed by atoms with Crippen LogP contribution in [0.2, 0.25) is 0 Å². The molecule has 15 heavy (non-hydrogen) atoms. The highest BCUT2D eigenvalue weighted by atomic mass is 35.5. The Morgan fingerprint density at radius 1 is 0.933 bits per heavy atom. The Hall–Kier alpha value is 0.250. The van der Waals surface area contributed by atoms with Gasteiger partial charge in [0.15, 0.2) is 0 Å². The molecule has 0 unspecified atom stereocenters.